The highest BCUT2D eigenvalue weighted by atomic mass is 16.4. The highest BCUT2D eigenvalue weighted by Crippen LogP contribution is 2.08. The number of carbonyl (C=O) groups excluding carboxylic acids is 1. The second kappa shape index (κ2) is 7.92. The number of amidine groups is 1. The van der Waals surface area contributed by atoms with Gasteiger partial charge in [0.25, 0.3) is 0 Å². The largest absolute Gasteiger partial charge is 0.409 e. The van der Waals surface area contributed by atoms with Crippen molar-refractivity contribution in [1.82, 2.24) is 4.90 Å². The van der Waals surface area contributed by atoms with Crippen LogP contribution >= 0.6 is 0 Å². The van der Waals surface area contributed by atoms with Crippen LogP contribution in [0.15, 0.2) is 5.16 Å². The molecule has 1 atom stereocenters. The van der Waals surface area contributed by atoms with Gasteiger partial charge in [-0.2, -0.15) is 0 Å². The van der Waals surface area contributed by atoms with Crippen LogP contribution < -0.4 is 5.73 Å². The summed E-state index contributed by atoms with van der Waals surface area (Å²) in [7, 11) is 0. The van der Waals surface area contributed by atoms with Crippen LogP contribution in [-0.2, 0) is 4.79 Å². The average molecular weight is 231 g/mol. The lowest BCUT2D eigenvalue weighted by atomic mass is 10.0. The van der Waals surface area contributed by atoms with E-state index < -0.39 is 5.92 Å². The van der Waals surface area contributed by atoms with E-state index in [4.69, 9.17) is 16.0 Å². The summed E-state index contributed by atoms with van der Waals surface area (Å²) in [6.45, 7) is 4.50. The van der Waals surface area contributed by atoms with Gasteiger partial charge in [-0.15, -0.1) is 0 Å². The summed E-state index contributed by atoms with van der Waals surface area (Å²) < 4.78 is 0. The number of hydrogen-bond acceptors (Lipinski definition) is 4. The van der Waals surface area contributed by atoms with Crippen LogP contribution in [0.4, 0.5) is 0 Å². The third kappa shape index (κ3) is 4.06. The van der Waals surface area contributed by atoms with Gasteiger partial charge >= 0.3 is 0 Å². The molecule has 16 heavy (non-hydrogen) atoms. The number of aliphatic hydroxyl groups is 1. The van der Waals surface area contributed by atoms with E-state index >= 15 is 0 Å². The van der Waals surface area contributed by atoms with Gasteiger partial charge in [0.2, 0.25) is 5.91 Å². The maximum atomic E-state index is 12.0. The smallest absolute Gasteiger partial charge is 0.233 e. The highest BCUT2D eigenvalue weighted by molar-refractivity contribution is 6.02. The van der Waals surface area contributed by atoms with Crippen molar-refractivity contribution in [3.63, 3.8) is 0 Å². The standard InChI is InChI=1S/C10H21N3O3/c1-3-5-13(6-7-14)10(15)8(4-2)9(11)12-16/h8,14,16H,3-7H2,1-2H3,(H2,11,12). The molecule has 0 heterocycles. The van der Waals surface area contributed by atoms with E-state index in [1.165, 1.54) is 4.90 Å². The Kier molecular flexibility index (Phi) is 7.28. The van der Waals surface area contributed by atoms with Gasteiger partial charge in [0.15, 0.2) is 5.84 Å². The van der Waals surface area contributed by atoms with Gasteiger partial charge in [0, 0.05) is 13.1 Å². The van der Waals surface area contributed by atoms with Gasteiger partial charge in [-0.3, -0.25) is 4.79 Å². The lowest BCUT2D eigenvalue weighted by molar-refractivity contribution is -0.134. The number of hydrogen-bond donors (Lipinski definition) is 3. The molecule has 6 heteroatoms. The fraction of sp³-hybridized carbons (Fsp3) is 0.800. The molecule has 1 amide bonds. The molecule has 0 aliphatic heterocycles. The third-order valence-corrected chi connectivity index (χ3v) is 2.35. The van der Waals surface area contributed by atoms with Crippen LogP contribution in [0.1, 0.15) is 26.7 Å². The van der Waals surface area contributed by atoms with Gasteiger partial charge < -0.3 is 20.9 Å². The summed E-state index contributed by atoms with van der Waals surface area (Å²) in [5.74, 6) is -0.886. The average Bonchev–Trinajstić information content (AvgIpc) is 2.29. The van der Waals surface area contributed by atoms with Gasteiger partial charge in [-0.05, 0) is 12.8 Å². The summed E-state index contributed by atoms with van der Waals surface area (Å²) in [4.78, 5) is 13.5. The number of aliphatic hydroxyl groups excluding tert-OH is 1. The summed E-state index contributed by atoms with van der Waals surface area (Å²) in [5.41, 5.74) is 5.45. The molecule has 94 valence electrons. The summed E-state index contributed by atoms with van der Waals surface area (Å²) in [6.07, 6.45) is 1.28. The zero-order valence-electron chi connectivity index (χ0n) is 9.89. The Morgan fingerprint density at radius 1 is 1.44 bits per heavy atom. The van der Waals surface area contributed by atoms with E-state index in [-0.39, 0.29) is 24.9 Å². The molecule has 0 aromatic heterocycles. The van der Waals surface area contributed by atoms with E-state index in [1.807, 2.05) is 6.92 Å². The molecule has 0 saturated heterocycles. The summed E-state index contributed by atoms with van der Waals surface area (Å²) in [6, 6.07) is 0. The van der Waals surface area contributed by atoms with Crippen molar-refractivity contribution < 1.29 is 15.1 Å². The molecule has 0 aromatic carbocycles. The molecule has 0 aliphatic carbocycles. The molecule has 0 aliphatic rings. The molecule has 0 fully saturated rings. The van der Waals surface area contributed by atoms with Gasteiger partial charge in [0.05, 0.1) is 12.5 Å². The Morgan fingerprint density at radius 3 is 2.44 bits per heavy atom. The fourth-order valence-electron chi connectivity index (χ4n) is 1.52. The van der Waals surface area contributed by atoms with Crippen LogP contribution in [0.5, 0.6) is 0 Å². The minimum Gasteiger partial charge on any atom is -0.409 e. The third-order valence-electron chi connectivity index (χ3n) is 2.35. The van der Waals surface area contributed by atoms with Gasteiger partial charge in [-0.25, -0.2) is 0 Å². The van der Waals surface area contributed by atoms with E-state index in [9.17, 15) is 4.79 Å². The predicted molar refractivity (Wildman–Crippen MR) is 61.1 cm³/mol. The second-order valence-corrected chi connectivity index (χ2v) is 3.53. The summed E-state index contributed by atoms with van der Waals surface area (Å²) in [5, 5.41) is 20.3. The first-order valence-corrected chi connectivity index (χ1v) is 5.49. The van der Waals surface area contributed by atoms with Crippen molar-refractivity contribution in [2.75, 3.05) is 19.7 Å². The molecular weight excluding hydrogens is 210 g/mol. The van der Waals surface area contributed by atoms with Gasteiger partial charge in [0.1, 0.15) is 0 Å². The first-order chi connectivity index (χ1) is 7.62. The van der Waals surface area contributed by atoms with Crippen LogP contribution in [0.25, 0.3) is 0 Å². The molecule has 0 saturated carbocycles. The number of amides is 1. The lowest BCUT2D eigenvalue weighted by Crippen LogP contribution is -2.43. The minimum absolute atomic E-state index is 0.0773. The van der Waals surface area contributed by atoms with Gasteiger partial charge in [-0.1, -0.05) is 19.0 Å². The predicted octanol–water partition coefficient (Wildman–Crippen LogP) is -0.0101. The molecule has 0 aromatic rings. The summed E-state index contributed by atoms with van der Waals surface area (Å²) >= 11 is 0. The van der Waals surface area contributed by atoms with E-state index in [0.29, 0.717) is 13.0 Å². The van der Waals surface area contributed by atoms with E-state index in [2.05, 4.69) is 5.16 Å². The molecule has 0 radical (unpaired) electrons. The van der Waals surface area contributed by atoms with Crippen molar-refractivity contribution in [2.45, 2.75) is 26.7 Å². The molecule has 1 unspecified atom stereocenters. The molecule has 0 rings (SSSR count). The fourth-order valence-corrected chi connectivity index (χ4v) is 1.52. The van der Waals surface area contributed by atoms with Crippen molar-refractivity contribution in [2.24, 2.45) is 16.8 Å². The Hall–Kier alpha value is -1.30. The topological polar surface area (TPSA) is 99.2 Å². The number of nitrogens with two attached hydrogens (primary N) is 1. The zero-order chi connectivity index (χ0) is 12.6. The Bertz CT molecular complexity index is 237. The Labute approximate surface area is 95.7 Å². The van der Waals surface area contributed by atoms with Crippen molar-refractivity contribution in [3.8, 4) is 0 Å². The SMILES string of the molecule is CCCN(CCO)C(=O)C(CC)C(N)=NO. The quantitative estimate of drug-likeness (QED) is 0.248. The Morgan fingerprint density at radius 2 is 2.06 bits per heavy atom. The lowest BCUT2D eigenvalue weighted by Gasteiger charge is -2.25. The number of rotatable bonds is 7. The highest BCUT2D eigenvalue weighted by Gasteiger charge is 2.25. The van der Waals surface area contributed by atoms with Crippen LogP contribution in [0, 0.1) is 5.92 Å². The van der Waals surface area contributed by atoms with Crippen molar-refractivity contribution >= 4 is 11.7 Å². The molecule has 4 N–H and O–H groups in total. The molecule has 0 spiro atoms. The maximum Gasteiger partial charge on any atom is 0.233 e. The normalized spacial score (nSPS) is 13.6. The monoisotopic (exact) mass is 231 g/mol. The Balaban J connectivity index is 4.67. The maximum absolute atomic E-state index is 12.0. The molecule has 0 bridgehead atoms. The van der Waals surface area contributed by atoms with Crippen molar-refractivity contribution in [3.05, 3.63) is 0 Å². The molecular formula is C10H21N3O3. The number of carbonyl (C=O) groups is 1. The van der Waals surface area contributed by atoms with Crippen LogP contribution in [-0.4, -0.2) is 46.7 Å². The molecule has 6 nitrogen and oxygen atoms in total. The minimum atomic E-state index is -0.608. The zero-order valence-corrected chi connectivity index (χ0v) is 9.89. The van der Waals surface area contributed by atoms with E-state index in [0.717, 1.165) is 6.42 Å². The van der Waals surface area contributed by atoms with Crippen LogP contribution in [0.2, 0.25) is 0 Å². The number of nitrogens with zero attached hydrogens (tertiary/aromatic N) is 2. The van der Waals surface area contributed by atoms with Crippen LogP contribution in [0.3, 0.4) is 0 Å². The van der Waals surface area contributed by atoms with E-state index in [1.54, 1.807) is 6.92 Å². The first kappa shape index (κ1) is 14.7. The number of oxime groups is 1. The second-order valence-electron chi connectivity index (χ2n) is 3.53. The first-order valence-electron chi connectivity index (χ1n) is 5.49. The van der Waals surface area contributed by atoms with Crippen molar-refractivity contribution in [1.29, 1.82) is 0 Å².